The number of benzene rings is 1. The fourth-order valence-electron chi connectivity index (χ4n) is 2.87. The smallest absolute Gasteiger partial charge is 0.243 e. The van der Waals surface area contributed by atoms with Gasteiger partial charge in [0.1, 0.15) is 0 Å². The van der Waals surface area contributed by atoms with E-state index in [2.05, 4.69) is 6.07 Å². The van der Waals surface area contributed by atoms with E-state index in [9.17, 15) is 13.2 Å². The average molecular weight is 384 g/mol. The van der Waals surface area contributed by atoms with Crippen LogP contribution in [0.3, 0.4) is 0 Å². The van der Waals surface area contributed by atoms with E-state index in [1.165, 1.54) is 16.4 Å². The van der Waals surface area contributed by atoms with Crippen molar-refractivity contribution in [2.24, 2.45) is 5.92 Å². The number of rotatable bonds is 5. The van der Waals surface area contributed by atoms with Crippen LogP contribution >= 0.6 is 11.6 Å². The van der Waals surface area contributed by atoms with Gasteiger partial charge in [0.2, 0.25) is 15.9 Å². The van der Waals surface area contributed by atoms with Gasteiger partial charge in [0.05, 0.1) is 17.4 Å². The number of halogens is 1. The highest BCUT2D eigenvalue weighted by atomic mass is 35.5. The van der Waals surface area contributed by atoms with E-state index in [-0.39, 0.29) is 29.2 Å². The van der Waals surface area contributed by atoms with Crippen molar-refractivity contribution >= 4 is 27.5 Å². The highest BCUT2D eigenvalue weighted by molar-refractivity contribution is 7.89. The van der Waals surface area contributed by atoms with Crippen molar-refractivity contribution in [2.75, 3.05) is 20.1 Å². The van der Waals surface area contributed by atoms with Crippen molar-refractivity contribution < 1.29 is 13.2 Å². The number of hydrogen-bond donors (Lipinski definition) is 0. The maximum absolute atomic E-state index is 12.7. The van der Waals surface area contributed by atoms with E-state index >= 15 is 0 Å². The molecule has 1 aliphatic rings. The SMILES string of the molecule is CC(CC#N)N(C)C(=O)C1CCN(S(=O)(=O)c2ccc(Cl)cc2)CC1. The van der Waals surface area contributed by atoms with E-state index in [1.54, 1.807) is 24.1 Å². The molecular weight excluding hydrogens is 362 g/mol. The predicted octanol–water partition coefficient (Wildman–Crippen LogP) is 2.50. The molecule has 2 rings (SSSR count). The van der Waals surface area contributed by atoms with Crippen molar-refractivity contribution in [2.45, 2.75) is 37.1 Å². The Bertz CT molecular complexity index is 750. The lowest BCUT2D eigenvalue weighted by Crippen LogP contribution is -2.45. The molecule has 0 spiro atoms. The third-order valence-corrected chi connectivity index (χ3v) is 6.81. The third-order valence-electron chi connectivity index (χ3n) is 4.65. The van der Waals surface area contributed by atoms with Crippen LogP contribution in [0.5, 0.6) is 0 Å². The molecule has 8 heteroatoms. The Hall–Kier alpha value is -1.62. The standard InChI is InChI=1S/C17H22ClN3O3S/c1-13(7-10-19)20(2)17(22)14-8-11-21(12-9-14)25(23,24)16-5-3-15(18)4-6-16/h3-6,13-14H,7-9,11-12H2,1-2H3. The molecule has 136 valence electrons. The van der Waals surface area contributed by atoms with Crippen LogP contribution in [0.2, 0.25) is 5.02 Å². The number of hydrogen-bond acceptors (Lipinski definition) is 4. The van der Waals surface area contributed by atoms with Crippen LogP contribution in [0.15, 0.2) is 29.2 Å². The first kappa shape index (κ1) is 19.7. The molecule has 1 aromatic rings. The monoisotopic (exact) mass is 383 g/mol. The summed E-state index contributed by atoms with van der Waals surface area (Å²) in [6.07, 6.45) is 1.25. The molecular formula is C17H22ClN3O3S. The van der Waals surface area contributed by atoms with Gasteiger partial charge in [-0.05, 0) is 44.0 Å². The first-order valence-electron chi connectivity index (χ1n) is 8.16. The summed E-state index contributed by atoms with van der Waals surface area (Å²) in [4.78, 5) is 14.3. The minimum Gasteiger partial charge on any atom is -0.342 e. The lowest BCUT2D eigenvalue weighted by Gasteiger charge is -2.34. The van der Waals surface area contributed by atoms with Gasteiger partial charge < -0.3 is 4.90 Å². The molecule has 1 atom stereocenters. The second kappa shape index (κ2) is 8.17. The third kappa shape index (κ3) is 4.51. The van der Waals surface area contributed by atoms with Crippen LogP contribution in [0, 0.1) is 17.2 Å². The summed E-state index contributed by atoms with van der Waals surface area (Å²) in [6, 6.07) is 8.01. The zero-order chi connectivity index (χ0) is 18.6. The van der Waals surface area contributed by atoms with Crippen LogP contribution in [-0.4, -0.2) is 49.7 Å². The van der Waals surface area contributed by atoms with Crippen LogP contribution in [0.1, 0.15) is 26.2 Å². The van der Waals surface area contributed by atoms with Crippen molar-refractivity contribution in [3.63, 3.8) is 0 Å². The lowest BCUT2D eigenvalue weighted by atomic mass is 9.96. The van der Waals surface area contributed by atoms with Gasteiger partial charge in [-0.2, -0.15) is 9.57 Å². The molecule has 0 N–H and O–H groups in total. The van der Waals surface area contributed by atoms with Crippen LogP contribution in [0.25, 0.3) is 0 Å². The molecule has 1 aromatic carbocycles. The summed E-state index contributed by atoms with van der Waals surface area (Å²) >= 11 is 5.81. The highest BCUT2D eigenvalue weighted by Gasteiger charge is 2.33. The Labute approximate surface area is 154 Å². The number of nitriles is 1. The zero-order valence-electron chi connectivity index (χ0n) is 14.4. The minimum atomic E-state index is -3.57. The van der Waals surface area contributed by atoms with E-state index in [4.69, 9.17) is 16.9 Å². The summed E-state index contributed by atoms with van der Waals surface area (Å²) in [7, 11) is -1.87. The van der Waals surface area contributed by atoms with E-state index in [0.717, 1.165) is 0 Å². The molecule has 25 heavy (non-hydrogen) atoms. The molecule has 0 radical (unpaired) electrons. The number of carbonyl (C=O) groups is 1. The molecule has 6 nitrogen and oxygen atoms in total. The zero-order valence-corrected chi connectivity index (χ0v) is 15.9. The average Bonchev–Trinajstić information content (AvgIpc) is 2.61. The Morgan fingerprint density at radius 2 is 1.92 bits per heavy atom. The summed E-state index contributed by atoms with van der Waals surface area (Å²) in [6.45, 7) is 2.45. The summed E-state index contributed by atoms with van der Waals surface area (Å²) in [5.41, 5.74) is 0. The first-order valence-corrected chi connectivity index (χ1v) is 9.98. The van der Waals surface area contributed by atoms with Crippen molar-refractivity contribution in [1.82, 2.24) is 9.21 Å². The molecule has 0 aliphatic carbocycles. The van der Waals surface area contributed by atoms with Gasteiger partial charge >= 0.3 is 0 Å². The molecule has 0 aromatic heterocycles. The Morgan fingerprint density at radius 3 is 2.44 bits per heavy atom. The normalized spacial score (nSPS) is 17.7. The quantitative estimate of drug-likeness (QED) is 0.782. The Balaban J connectivity index is 2.00. The molecule has 1 heterocycles. The van der Waals surface area contributed by atoms with Gasteiger partial charge in [-0.1, -0.05) is 11.6 Å². The second-order valence-corrected chi connectivity index (χ2v) is 8.67. The van der Waals surface area contributed by atoms with Crippen molar-refractivity contribution in [1.29, 1.82) is 5.26 Å². The fourth-order valence-corrected chi connectivity index (χ4v) is 4.47. The summed E-state index contributed by atoms with van der Waals surface area (Å²) in [5.74, 6) is -0.228. The minimum absolute atomic E-state index is 0.0220. The number of amides is 1. The largest absolute Gasteiger partial charge is 0.342 e. The molecule has 1 amide bonds. The molecule has 1 saturated heterocycles. The molecule has 1 fully saturated rings. The fraction of sp³-hybridized carbons (Fsp3) is 0.529. The first-order chi connectivity index (χ1) is 11.8. The summed E-state index contributed by atoms with van der Waals surface area (Å²) < 4.78 is 26.7. The van der Waals surface area contributed by atoms with Gasteiger partial charge in [0.15, 0.2) is 0 Å². The maximum Gasteiger partial charge on any atom is 0.243 e. The van der Waals surface area contributed by atoms with Gasteiger partial charge in [0.25, 0.3) is 0 Å². The molecule has 1 aliphatic heterocycles. The van der Waals surface area contributed by atoms with E-state index in [0.29, 0.717) is 31.0 Å². The highest BCUT2D eigenvalue weighted by Crippen LogP contribution is 2.26. The van der Waals surface area contributed by atoms with Crippen LogP contribution < -0.4 is 0 Å². The van der Waals surface area contributed by atoms with Gasteiger partial charge in [-0.25, -0.2) is 8.42 Å². The van der Waals surface area contributed by atoms with Gasteiger partial charge in [-0.3, -0.25) is 4.79 Å². The van der Waals surface area contributed by atoms with Gasteiger partial charge in [-0.15, -0.1) is 0 Å². The van der Waals surface area contributed by atoms with Gasteiger partial charge in [0, 0.05) is 37.1 Å². The van der Waals surface area contributed by atoms with Crippen LogP contribution in [-0.2, 0) is 14.8 Å². The second-order valence-electron chi connectivity index (χ2n) is 6.29. The number of sulfonamides is 1. The number of nitrogens with zero attached hydrogens (tertiary/aromatic N) is 3. The predicted molar refractivity (Wildman–Crippen MR) is 95.4 cm³/mol. The topological polar surface area (TPSA) is 81.5 Å². The summed E-state index contributed by atoms with van der Waals surface area (Å²) in [5, 5.41) is 9.24. The van der Waals surface area contributed by atoms with E-state index in [1.807, 2.05) is 6.92 Å². The van der Waals surface area contributed by atoms with Crippen molar-refractivity contribution in [3.8, 4) is 6.07 Å². The maximum atomic E-state index is 12.7. The Kier molecular flexibility index (Phi) is 6.44. The number of piperidine rings is 1. The van der Waals surface area contributed by atoms with Crippen LogP contribution in [0.4, 0.5) is 0 Å². The lowest BCUT2D eigenvalue weighted by molar-refractivity contribution is -0.137. The molecule has 0 bridgehead atoms. The van der Waals surface area contributed by atoms with Crippen molar-refractivity contribution in [3.05, 3.63) is 29.3 Å². The molecule has 1 unspecified atom stereocenters. The van der Waals surface area contributed by atoms with E-state index < -0.39 is 10.0 Å². The number of carbonyl (C=O) groups excluding carboxylic acids is 1. The molecule has 0 saturated carbocycles. The Morgan fingerprint density at radius 1 is 1.36 bits per heavy atom.